The lowest BCUT2D eigenvalue weighted by Crippen LogP contribution is -2.21. The first-order valence-electron chi connectivity index (χ1n) is 10.5. The van der Waals surface area contributed by atoms with Crippen LogP contribution in [0.4, 0.5) is 11.5 Å². The third-order valence-electron chi connectivity index (χ3n) is 5.62. The number of hydrogen-bond acceptors (Lipinski definition) is 5. The van der Waals surface area contributed by atoms with Gasteiger partial charge in [-0.3, -0.25) is 0 Å². The van der Waals surface area contributed by atoms with Gasteiger partial charge in [-0.05, 0) is 61.4 Å². The highest BCUT2D eigenvalue weighted by Crippen LogP contribution is 2.36. The number of rotatable bonds is 7. The van der Waals surface area contributed by atoms with Crippen LogP contribution in [0.15, 0.2) is 78.0 Å². The Morgan fingerprint density at radius 1 is 0.967 bits per heavy atom. The molecule has 2 heterocycles. The fraction of sp³-hybridized carbons (Fsp3) is 0.280. The van der Waals surface area contributed by atoms with Crippen LogP contribution in [0.25, 0.3) is 0 Å². The zero-order valence-corrected chi connectivity index (χ0v) is 17.8. The average molecular weight is 401 g/mol. The van der Waals surface area contributed by atoms with E-state index in [2.05, 4.69) is 60.1 Å². The Hall–Kier alpha value is -3.34. The van der Waals surface area contributed by atoms with Gasteiger partial charge in [-0.15, -0.1) is 0 Å². The van der Waals surface area contributed by atoms with E-state index in [9.17, 15) is 0 Å². The van der Waals surface area contributed by atoms with Crippen molar-refractivity contribution in [2.24, 2.45) is 5.10 Å². The minimum absolute atomic E-state index is 0.100. The van der Waals surface area contributed by atoms with Crippen LogP contribution < -0.4 is 14.6 Å². The number of anilines is 2. The normalized spacial score (nSPS) is 15.8. The Labute approximate surface area is 178 Å². The standard InChI is InChI=1S/C25H28N4O/c1-4-28(5-2)21-13-9-19(10-14-21)23-18-24(20-11-15-22(30-3)16-12-20)29(27-23)25-8-6-7-17-26-25/h6-17,24H,4-5,18H2,1-3H3. The lowest BCUT2D eigenvalue weighted by atomic mass is 9.98. The Morgan fingerprint density at radius 2 is 1.70 bits per heavy atom. The highest BCUT2D eigenvalue weighted by atomic mass is 16.5. The molecule has 1 aromatic heterocycles. The van der Waals surface area contributed by atoms with Crippen LogP contribution in [0.2, 0.25) is 0 Å². The van der Waals surface area contributed by atoms with Crippen LogP contribution in [0.3, 0.4) is 0 Å². The Balaban J connectivity index is 1.65. The number of hydrazone groups is 1. The third kappa shape index (κ3) is 4.01. The number of benzene rings is 2. The number of methoxy groups -OCH3 is 1. The van der Waals surface area contributed by atoms with E-state index in [1.54, 1.807) is 7.11 Å². The van der Waals surface area contributed by atoms with E-state index in [-0.39, 0.29) is 6.04 Å². The first kappa shape index (κ1) is 20.0. The summed E-state index contributed by atoms with van der Waals surface area (Å²) in [5.41, 5.74) is 4.67. The molecule has 5 heteroatoms. The maximum absolute atomic E-state index is 5.32. The van der Waals surface area contributed by atoms with Crippen LogP contribution in [-0.2, 0) is 0 Å². The lowest BCUT2D eigenvalue weighted by molar-refractivity contribution is 0.414. The molecule has 0 N–H and O–H groups in total. The summed E-state index contributed by atoms with van der Waals surface area (Å²) in [5.74, 6) is 1.71. The van der Waals surface area contributed by atoms with Gasteiger partial charge in [0.25, 0.3) is 0 Å². The van der Waals surface area contributed by atoms with E-state index in [1.807, 2.05) is 41.5 Å². The number of nitrogens with zero attached hydrogens (tertiary/aromatic N) is 4. The van der Waals surface area contributed by atoms with Gasteiger partial charge >= 0.3 is 0 Å². The molecule has 0 amide bonds. The monoisotopic (exact) mass is 400 g/mol. The summed E-state index contributed by atoms with van der Waals surface area (Å²) in [6, 6.07) is 23.0. The van der Waals surface area contributed by atoms with Gasteiger partial charge in [0.1, 0.15) is 11.6 Å². The second kappa shape index (κ2) is 8.99. The minimum atomic E-state index is 0.100. The van der Waals surface area contributed by atoms with Gasteiger partial charge in [0.15, 0.2) is 0 Å². The van der Waals surface area contributed by atoms with Crippen molar-refractivity contribution in [3.8, 4) is 5.75 Å². The van der Waals surface area contributed by atoms with E-state index >= 15 is 0 Å². The van der Waals surface area contributed by atoms with Crippen molar-refractivity contribution in [1.29, 1.82) is 0 Å². The molecule has 3 aromatic rings. The number of hydrogen-bond donors (Lipinski definition) is 0. The van der Waals surface area contributed by atoms with E-state index in [0.717, 1.165) is 42.4 Å². The molecular formula is C25H28N4O. The second-order valence-corrected chi connectivity index (χ2v) is 7.29. The maximum Gasteiger partial charge on any atom is 0.149 e. The predicted octanol–water partition coefficient (Wildman–Crippen LogP) is 5.29. The lowest BCUT2D eigenvalue weighted by Gasteiger charge is -2.23. The first-order chi connectivity index (χ1) is 14.7. The zero-order chi connectivity index (χ0) is 20.9. The average Bonchev–Trinajstić information content (AvgIpc) is 3.26. The third-order valence-corrected chi connectivity index (χ3v) is 5.62. The van der Waals surface area contributed by atoms with Crippen LogP contribution in [0.1, 0.15) is 37.4 Å². The summed E-state index contributed by atoms with van der Waals surface area (Å²) in [4.78, 5) is 6.89. The molecule has 5 nitrogen and oxygen atoms in total. The molecule has 0 aliphatic carbocycles. The molecule has 0 bridgehead atoms. The van der Waals surface area contributed by atoms with Gasteiger partial charge in [-0.1, -0.05) is 30.3 Å². The first-order valence-corrected chi connectivity index (χ1v) is 10.5. The summed E-state index contributed by atoms with van der Waals surface area (Å²) in [5, 5.41) is 7.02. The van der Waals surface area contributed by atoms with Gasteiger partial charge in [-0.25, -0.2) is 9.99 Å². The van der Waals surface area contributed by atoms with Gasteiger partial charge in [0.2, 0.25) is 0 Å². The Bertz CT molecular complexity index is 980. The highest BCUT2D eigenvalue weighted by molar-refractivity contribution is 6.03. The predicted molar refractivity (Wildman–Crippen MR) is 124 cm³/mol. The molecule has 2 aromatic carbocycles. The number of pyridine rings is 1. The molecular weight excluding hydrogens is 372 g/mol. The van der Waals surface area contributed by atoms with E-state index in [4.69, 9.17) is 9.84 Å². The summed E-state index contributed by atoms with van der Waals surface area (Å²) in [7, 11) is 1.69. The fourth-order valence-electron chi connectivity index (χ4n) is 3.92. The van der Waals surface area contributed by atoms with Crippen molar-refractivity contribution in [1.82, 2.24) is 4.98 Å². The largest absolute Gasteiger partial charge is 0.497 e. The van der Waals surface area contributed by atoms with Gasteiger partial charge in [0.05, 0.1) is 18.9 Å². The van der Waals surface area contributed by atoms with E-state index in [1.165, 1.54) is 11.3 Å². The molecule has 154 valence electrons. The molecule has 0 fully saturated rings. The van der Waals surface area contributed by atoms with E-state index < -0.39 is 0 Å². The van der Waals surface area contributed by atoms with Crippen molar-refractivity contribution in [3.05, 3.63) is 84.1 Å². The quantitative estimate of drug-likeness (QED) is 0.540. The summed E-state index contributed by atoms with van der Waals surface area (Å²) in [6.07, 6.45) is 2.64. The van der Waals surface area contributed by atoms with Crippen molar-refractivity contribution in [3.63, 3.8) is 0 Å². The van der Waals surface area contributed by atoms with Crippen LogP contribution >= 0.6 is 0 Å². The highest BCUT2D eigenvalue weighted by Gasteiger charge is 2.30. The number of ether oxygens (including phenoxy) is 1. The summed E-state index contributed by atoms with van der Waals surface area (Å²) >= 11 is 0. The minimum Gasteiger partial charge on any atom is -0.497 e. The molecule has 30 heavy (non-hydrogen) atoms. The molecule has 0 spiro atoms. The molecule has 4 rings (SSSR count). The SMILES string of the molecule is CCN(CC)c1ccc(C2=NN(c3ccccn3)C(c3ccc(OC)cc3)C2)cc1. The van der Waals surface area contributed by atoms with E-state index in [0.29, 0.717) is 0 Å². The zero-order valence-electron chi connectivity index (χ0n) is 17.8. The molecule has 0 radical (unpaired) electrons. The van der Waals surface area contributed by atoms with Crippen molar-refractivity contribution in [2.75, 3.05) is 30.1 Å². The van der Waals surface area contributed by atoms with Crippen LogP contribution in [0, 0.1) is 0 Å². The molecule has 1 aliphatic heterocycles. The van der Waals surface area contributed by atoms with Crippen molar-refractivity contribution >= 4 is 17.2 Å². The van der Waals surface area contributed by atoms with Gasteiger partial charge in [0, 0.05) is 31.4 Å². The molecule has 1 aliphatic rings. The molecule has 1 atom stereocenters. The molecule has 0 saturated carbocycles. The van der Waals surface area contributed by atoms with Crippen LogP contribution in [-0.4, -0.2) is 30.9 Å². The topological polar surface area (TPSA) is 41.0 Å². The fourth-order valence-corrected chi connectivity index (χ4v) is 3.92. The second-order valence-electron chi connectivity index (χ2n) is 7.29. The maximum atomic E-state index is 5.32. The Kier molecular flexibility index (Phi) is 5.98. The van der Waals surface area contributed by atoms with Crippen LogP contribution in [0.5, 0.6) is 5.75 Å². The van der Waals surface area contributed by atoms with Gasteiger partial charge < -0.3 is 9.64 Å². The number of aromatic nitrogens is 1. The van der Waals surface area contributed by atoms with Gasteiger partial charge in [-0.2, -0.15) is 5.10 Å². The Morgan fingerprint density at radius 3 is 2.30 bits per heavy atom. The van der Waals surface area contributed by atoms with Crippen molar-refractivity contribution in [2.45, 2.75) is 26.3 Å². The molecule has 1 unspecified atom stereocenters. The summed E-state index contributed by atoms with van der Waals surface area (Å²) < 4.78 is 5.32. The summed E-state index contributed by atoms with van der Waals surface area (Å²) in [6.45, 7) is 6.37. The van der Waals surface area contributed by atoms with Crippen molar-refractivity contribution < 1.29 is 4.74 Å². The molecule has 0 saturated heterocycles. The smallest absolute Gasteiger partial charge is 0.149 e.